The van der Waals surface area contributed by atoms with Crippen molar-refractivity contribution in [3.63, 3.8) is 0 Å². The van der Waals surface area contributed by atoms with Crippen molar-refractivity contribution in [1.82, 2.24) is 9.47 Å². The van der Waals surface area contributed by atoms with Crippen LogP contribution in [0.1, 0.15) is 48.9 Å². The van der Waals surface area contributed by atoms with Crippen LogP contribution in [0, 0.1) is 17.2 Å². The van der Waals surface area contributed by atoms with Crippen molar-refractivity contribution in [3.8, 4) is 6.07 Å². The molecular weight excluding hydrogens is 457 g/mol. The molecular formula is C22H25F3N4O3S. The molecule has 11 heteroatoms. The number of primary sulfonamides is 1. The number of aryl methyl sites for hydroxylation is 1. The topological polar surface area (TPSA) is 109 Å². The van der Waals surface area contributed by atoms with E-state index in [1.807, 2.05) is 13.0 Å². The monoisotopic (exact) mass is 482 g/mol. The number of halogens is 3. The molecule has 33 heavy (non-hydrogen) atoms. The molecule has 1 unspecified atom stereocenters. The molecule has 1 aliphatic rings. The molecule has 1 aliphatic heterocycles. The molecule has 1 saturated heterocycles. The largest absolute Gasteiger partial charge is 0.418 e. The Bertz CT molecular complexity index is 1160. The molecule has 1 aromatic carbocycles. The van der Waals surface area contributed by atoms with E-state index in [1.165, 1.54) is 11.0 Å². The number of carbonyl (C=O) groups excluding carboxylic acids is 1. The van der Waals surface area contributed by atoms with Gasteiger partial charge in [0.05, 0.1) is 16.4 Å². The SMILES string of the molecule is CC1CCN(C(=O)C(CCn2cccc2C#N)c2cccc(S(N)(=O)=O)c2C(F)(F)F)CC1. The molecule has 1 amide bonds. The Hall–Kier alpha value is -2.84. The number of hydrogen-bond donors (Lipinski definition) is 1. The molecule has 2 N–H and O–H groups in total. The smallest absolute Gasteiger partial charge is 0.342 e. The third-order valence-corrected chi connectivity index (χ3v) is 6.97. The van der Waals surface area contributed by atoms with Gasteiger partial charge in [0.2, 0.25) is 15.9 Å². The van der Waals surface area contributed by atoms with Gasteiger partial charge in [0.25, 0.3) is 0 Å². The molecule has 0 aliphatic carbocycles. The van der Waals surface area contributed by atoms with Gasteiger partial charge in [-0.25, -0.2) is 13.6 Å². The fourth-order valence-electron chi connectivity index (χ4n) is 4.22. The zero-order valence-electron chi connectivity index (χ0n) is 18.0. The van der Waals surface area contributed by atoms with Crippen LogP contribution in [0.3, 0.4) is 0 Å². The number of amides is 1. The predicted molar refractivity (Wildman–Crippen MR) is 114 cm³/mol. The van der Waals surface area contributed by atoms with Crippen LogP contribution in [0.5, 0.6) is 0 Å². The number of alkyl halides is 3. The number of nitrogens with two attached hydrogens (primary N) is 1. The van der Waals surface area contributed by atoms with E-state index in [0.717, 1.165) is 25.0 Å². The van der Waals surface area contributed by atoms with Gasteiger partial charge in [0.1, 0.15) is 11.8 Å². The number of nitrogens with zero attached hydrogens (tertiary/aromatic N) is 3. The number of carbonyl (C=O) groups is 1. The number of aromatic nitrogens is 1. The van der Waals surface area contributed by atoms with Crippen molar-refractivity contribution in [3.05, 3.63) is 53.3 Å². The Balaban J connectivity index is 2.09. The van der Waals surface area contributed by atoms with E-state index in [4.69, 9.17) is 5.14 Å². The molecule has 2 aromatic rings. The van der Waals surface area contributed by atoms with Gasteiger partial charge in [-0.2, -0.15) is 18.4 Å². The number of benzene rings is 1. The van der Waals surface area contributed by atoms with Crippen molar-refractivity contribution >= 4 is 15.9 Å². The van der Waals surface area contributed by atoms with Gasteiger partial charge < -0.3 is 9.47 Å². The maximum absolute atomic E-state index is 14.1. The van der Waals surface area contributed by atoms with Crippen LogP contribution in [0.15, 0.2) is 41.4 Å². The number of piperidine rings is 1. The summed E-state index contributed by atoms with van der Waals surface area (Å²) in [5.41, 5.74) is -1.53. The lowest BCUT2D eigenvalue weighted by Crippen LogP contribution is -2.41. The second kappa shape index (κ2) is 9.57. The van der Waals surface area contributed by atoms with E-state index in [9.17, 15) is 31.6 Å². The highest BCUT2D eigenvalue weighted by Crippen LogP contribution is 2.41. The number of sulfonamides is 1. The summed E-state index contributed by atoms with van der Waals surface area (Å²) in [7, 11) is -4.69. The minimum atomic E-state index is -5.04. The molecule has 1 atom stereocenters. The molecule has 7 nitrogen and oxygen atoms in total. The Morgan fingerprint density at radius 1 is 1.24 bits per heavy atom. The van der Waals surface area contributed by atoms with Gasteiger partial charge in [-0.05, 0) is 48.9 Å². The van der Waals surface area contributed by atoms with Gasteiger partial charge in [0, 0.05) is 25.8 Å². The van der Waals surface area contributed by atoms with Gasteiger partial charge >= 0.3 is 6.18 Å². The molecule has 0 bridgehead atoms. The Morgan fingerprint density at radius 2 is 1.91 bits per heavy atom. The zero-order valence-corrected chi connectivity index (χ0v) is 18.9. The van der Waals surface area contributed by atoms with Crippen LogP contribution in [-0.4, -0.2) is 36.9 Å². The number of nitriles is 1. The summed E-state index contributed by atoms with van der Waals surface area (Å²) in [5, 5.41) is 14.3. The molecule has 2 heterocycles. The first-order valence-electron chi connectivity index (χ1n) is 10.5. The van der Waals surface area contributed by atoms with Crippen molar-refractivity contribution in [2.24, 2.45) is 11.1 Å². The van der Waals surface area contributed by atoms with Crippen LogP contribution in [0.4, 0.5) is 13.2 Å². The molecule has 1 fully saturated rings. The lowest BCUT2D eigenvalue weighted by Gasteiger charge is -2.34. The van der Waals surface area contributed by atoms with E-state index < -0.39 is 44.0 Å². The number of rotatable bonds is 6. The van der Waals surface area contributed by atoms with E-state index >= 15 is 0 Å². The standard InChI is InChI=1S/C22H25F3N4O3S/c1-15-7-11-29(12-8-15)21(30)18(9-13-28-10-3-4-16(28)14-26)17-5-2-6-19(33(27,31)32)20(17)22(23,24)25/h2-6,10,15,18H,7-9,11-13H2,1H3,(H2,27,31,32). The first kappa shape index (κ1) is 24.8. The molecule has 178 valence electrons. The Kier molecular flexibility index (Phi) is 7.19. The second-order valence-electron chi connectivity index (χ2n) is 8.31. The van der Waals surface area contributed by atoms with Crippen LogP contribution in [-0.2, 0) is 27.5 Å². The van der Waals surface area contributed by atoms with E-state index in [-0.39, 0.29) is 13.0 Å². The van der Waals surface area contributed by atoms with E-state index in [2.05, 4.69) is 0 Å². The molecule has 0 radical (unpaired) electrons. The predicted octanol–water partition coefficient (Wildman–Crippen LogP) is 3.46. The van der Waals surface area contributed by atoms with Crippen molar-refractivity contribution in [2.75, 3.05) is 13.1 Å². The molecule has 0 spiro atoms. The van der Waals surface area contributed by atoms with E-state index in [1.54, 1.807) is 22.9 Å². The highest BCUT2D eigenvalue weighted by atomic mass is 32.2. The summed E-state index contributed by atoms with van der Waals surface area (Å²) in [6, 6.07) is 8.28. The summed E-state index contributed by atoms with van der Waals surface area (Å²) in [6.07, 6.45) is -2.02. The summed E-state index contributed by atoms with van der Waals surface area (Å²) in [6.45, 7) is 2.99. The van der Waals surface area contributed by atoms with Gasteiger partial charge in [-0.1, -0.05) is 19.1 Å². The molecule has 1 aromatic heterocycles. The van der Waals surface area contributed by atoms with Gasteiger partial charge in [-0.3, -0.25) is 4.79 Å². The molecule has 0 saturated carbocycles. The van der Waals surface area contributed by atoms with E-state index in [0.29, 0.717) is 24.7 Å². The lowest BCUT2D eigenvalue weighted by molar-refractivity contribution is -0.141. The number of likely N-dealkylation sites (tertiary alicyclic amines) is 1. The van der Waals surface area contributed by atoms with Gasteiger partial charge in [0.15, 0.2) is 0 Å². The first-order valence-corrected chi connectivity index (χ1v) is 12.0. The van der Waals surface area contributed by atoms with Gasteiger partial charge in [-0.15, -0.1) is 0 Å². The summed E-state index contributed by atoms with van der Waals surface area (Å²) >= 11 is 0. The maximum Gasteiger partial charge on any atom is 0.418 e. The summed E-state index contributed by atoms with van der Waals surface area (Å²) in [4.78, 5) is 13.9. The Morgan fingerprint density at radius 3 is 2.48 bits per heavy atom. The zero-order chi connectivity index (χ0) is 24.4. The Labute approximate surface area is 190 Å². The van der Waals surface area contributed by atoms with Crippen LogP contribution in [0.25, 0.3) is 0 Å². The normalized spacial score (nSPS) is 16.4. The summed E-state index contributed by atoms with van der Waals surface area (Å²) in [5.74, 6) is -1.35. The third kappa shape index (κ3) is 5.57. The quantitative estimate of drug-likeness (QED) is 0.680. The highest BCUT2D eigenvalue weighted by molar-refractivity contribution is 7.89. The molecule has 3 rings (SSSR count). The second-order valence-corrected chi connectivity index (χ2v) is 9.84. The summed E-state index contributed by atoms with van der Waals surface area (Å²) < 4.78 is 67.7. The third-order valence-electron chi connectivity index (χ3n) is 6.02. The first-order chi connectivity index (χ1) is 15.4. The van der Waals surface area contributed by atoms with Crippen LogP contribution < -0.4 is 5.14 Å². The minimum absolute atomic E-state index is 0.0502. The minimum Gasteiger partial charge on any atom is -0.342 e. The average molecular weight is 483 g/mol. The number of hydrogen-bond acceptors (Lipinski definition) is 4. The van der Waals surface area contributed by atoms with Crippen LogP contribution in [0.2, 0.25) is 0 Å². The maximum atomic E-state index is 14.1. The highest BCUT2D eigenvalue weighted by Gasteiger charge is 2.42. The lowest BCUT2D eigenvalue weighted by atomic mass is 9.88. The van der Waals surface area contributed by atoms with Crippen molar-refractivity contribution < 1.29 is 26.4 Å². The average Bonchev–Trinajstić information content (AvgIpc) is 3.20. The fourth-order valence-corrected chi connectivity index (χ4v) is 5.01. The fraction of sp³-hybridized carbons (Fsp3) is 0.455. The van der Waals surface area contributed by atoms with Crippen LogP contribution >= 0.6 is 0 Å². The van der Waals surface area contributed by atoms with Crippen molar-refractivity contribution in [1.29, 1.82) is 5.26 Å². The van der Waals surface area contributed by atoms with Crippen molar-refractivity contribution in [2.45, 2.75) is 49.7 Å².